The summed E-state index contributed by atoms with van der Waals surface area (Å²) in [7, 11) is 0. The lowest BCUT2D eigenvalue weighted by atomic mass is 9.97. The first kappa shape index (κ1) is 18.9. The van der Waals surface area contributed by atoms with Gasteiger partial charge in [0.25, 0.3) is 0 Å². The Bertz CT molecular complexity index is 707. The zero-order chi connectivity index (χ0) is 18.4. The van der Waals surface area contributed by atoms with Crippen LogP contribution in [0.2, 0.25) is 0 Å². The predicted octanol–water partition coefficient (Wildman–Crippen LogP) is 4.74. The lowest BCUT2D eigenvalue weighted by Crippen LogP contribution is -2.37. The van der Waals surface area contributed by atoms with E-state index >= 15 is 0 Å². The number of likely N-dealkylation sites (tertiary alicyclic amines) is 1. The van der Waals surface area contributed by atoms with E-state index in [2.05, 4.69) is 34.3 Å². The van der Waals surface area contributed by atoms with Crippen LogP contribution in [0, 0.1) is 5.92 Å². The van der Waals surface area contributed by atoms with Crippen LogP contribution in [0.4, 0.5) is 0 Å². The summed E-state index contributed by atoms with van der Waals surface area (Å²) in [6, 6.07) is 10.2. The highest BCUT2D eigenvalue weighted by molar-refractivity contribution is 7.10. The van der Waals surface area contributed by atoms with E-state index in [9.17, 15) is 5.11 Å². The Morgan fingerprint density at radius 1 is 1.31 bits per heavy atom. The third kappa shape index (κ3) is 4.65. The molecule has 1 aromatic heterocycles. The number of para-hydroxylation sites is 1. The molecule has 3 rings (SSSR count). The third-order valence-corrected chi connectivity index (χ3v) is 5.94. The number of thiophene rings is 1. The van der Waals surface area contributed by atoms with Gasteiger partial charge in [0.15, 0.2) is 11.5 Å². The normalized spacial score (nSPS) is 17.6. The molecule has 0 unspecified atom stereocenters. The fourth-order valence-corrected chi connectivity index (χ4v) is 4.22. The zero-order valence-electron chi connectivity index (χ0n) is 15.6. The van der Waals surface area contributed by atoms with E-state index in [1.807, 2.05) is 19.1 Å². The number of nitrogens with zero attached hydrogens (tertiary/aromatic N) is 2. The lowest BCUT2D eigenvalue weighted by molar-refractivity contribution is 0.143. The molecular formula is C21H28N2O2S. The summed E-state index contributed by atoms with van der Waals surface area (Å²) < 4.78 is 5.45. The second-order valence-electron chi connectivity index (χ2n) is 6.87. The summed E-state index contributed by atoms with van der Waals surface area (Å²) in [4.78, 5) is 8.60. The number of phenolic OH excluding ortho intramolecular Hbond substituents is 1. The Morgan fingerprint density at radius 3 is 2.81 bits per heavy atom. The first-order chi connectivity index (χ1) is 12.7. The second kappa shape index (κ2) is 9.19. The number of rotatable bonds is 7. The molecule has 2 aromatic rings. The number of hydrogen-bond acceptors (Lipinski definition) is 5. The van der Waals surface area contributed by atoms with E-state index in [0.29, 0.717) is 30.5 Å². The maximum atomic E-state index is 10.3. The van der Waals surface area contributed by atoms with Crippen LogP contribution in [0.25, 0.3) is 0 Å². The average Bonchev–Trinajstić information content (AvgIpc) is 3.17. The third-order valence-electron chi connectivity index (χ3n) is 4.97. The van der Waals surface area contributed by atoms with Gasteiger partial charge in [-0.05, 0) is 62.4 Å². The fraction of sp³-hybridized carbons (Fsp3) is 0.476. The molecule has 0 saturated carbocycles. The van der Waals surface area contributed by atoms with Gasteiger partial charge in [-0.3, -0.25) is 9.89 Å². The highest BCUT2D eigenvalue weighted by Gasteiger charge is 2.24. The Labute approximate surface area is 160 Å². The summed E-state index contributed by atoms with van der Waals surface area (Å²) in [5.74, 6) is 1.49. The zero-order valence-corrected chi connectivity index (χ0v) is 16.4. The molecule has 2 heterocycles. The molecule has 0 spiro atoms. The van der Waals surface area contributed by atoms with Crippen LogP contribution < -0.4 is 4.74 Å². The van der Waals surface area contributed by atoms with Gasteiger partial charge in [0.2, 0.25) is 0 Å². The number of piperidine rings is 1. The highest BCUT2D eigenvalue weighted by atomic mass is 32.1. The number of aromatic hydroxyl groups is 1. The van der Waals surface area contributed by atoms with Crippen LogP contribution in [0.15, 0.2) is 40.7 Å². The fourth-order valence-electron chi connectivity index (χ4n) is 3.37. The SMILES string of the molecule is CCOc1cccc(C=NC[C@@H](c2cccs2)N2CCC(C)CC2)c1O. The molecule has 0 amide bonds. The van der Waals surface area contributed by atoms with Crippen LogP contribution in [0.1, 0.15) is 43.2 Å². The smallest absolute Gasteiger partial charge is 0.166 e. The maximum absolute atomic E-state index is 10.3. The van der Waals surface area contributed by atoms with E-state index < -0.39 is 0 Å². The Kier molecular flexibility index (Phi) is 6.69. The molecule has 5 heteroatoms. The van der Waals surface area contributed by atoms with Crippen molar-refractivity contribution < 1.29 is 9.84 Å². The molecule has 1 aliphatic rings. The largest absolute Gasteiger partial charge is 0.504 e. The van der Waals surface area contributed by atoms with Gasteiger partial charge in [0.1, 0.15) is 0 Å². The van der Waals surface area contributed by atoms with E-state index in [0.717, 1.165) is 19.0 Å². The van der Waals surface area contributed by atoms with Gasteiger partial charge >= 0.3 is 0 Å². The minimum atomic E-state index is 0.164. The van der Waals surface area contributed by atoms with Gasteiger partial charge in [-0.25, -0.2) is 0 Å². The average molecular weight is 373 g/mol. The number of ether oxygens (including phenoxy) is 1. The summed E-state index contributed by atoms with van der Waals surface area (Å²) in [6.07, 6.45) is 4.27. The molecule has 0 bridgehead atoms. The Morgan fingerprint density at radius 2 is 2.12 bits per heavy atom. The van der Waals surface area contributed by atoms with Gasteiger partial charge in [0.05, 0.1) is 19.2 Å². The van der Waals surface area contributed by atoms with Crippen molar-refractivity contribution in [1.82, 2.24) is 4.90 Å². The number of phenols is 1. The van der Waals surface area contributed by atoms with Crippen LogP contribution in [0.3, 0.4) is 0 Å². The van der Waals surface area contributed by atoms with Gasteiger partial charge in [-0.15, -0.1) is 11.3 Å². The molecule has 1 atom stereocenters. The minimum Gasteiger partial charge on any atom is -0.504 e. The quantitative estimate of drug-likeness (QED) is 0.714. The van der Waals surface area contributed by atoms with E-state index in [4.69, 9.17) is 4.74 Å². The van der Waals surface area contributed by atoms with Crippen LogP contribution >= 0.6 is 11.3 Å². The van der Waals surface area contributed by atoms with Crippen molar-refractivity contribution in [1.29, 1.82) is 0 Å². The first-order valence-electron chi connectivity index (χ1n) is 9.41. The Balaban J connectivity index is 1.72. The molecule has 1 aliphatic heterocycles. The van der Waals surface area contributed by atoms with Crippen LogP contribution in [-0.2, 0) is 0 Å². The van der Waals surface area contributed by atoms with Crippen molar-refractivity contribution in [2.24, 2.45) is 10.9 Å². The number of hydrogen-bond donors (Lipinski definition) is 1. The van der Waals surface area contributed by atoms with Crippen molar-refractivity contribution in [3.63, 3.8) is 0 Å². The summed E-state index contributed by atoms with van der Waals surface area (Å²) in [5.41, 5.74) is 0.702. The molecule has 1 fully saturated rings. The molecule has 1 saturated heterocycles. The molecule has 1 aromatic carbocycles. The van der Waals surface area contributed by atoms with E-state index in [1.54, 1.807) is 23.6 Å². The Hall–Kier alpha value is -1.85. The van der Waals surface area contributed by atoms with Crippen molar-refractivity contribution in [3.8, 4) is 11.5 Å². The van der Waals surface area contributed by atoms with Crippen LogP contribution in [-0.4, -0.2) is 42.5 Å². The van der Waals surface area contributed by atoms with Crippen molar-refractivity contribution in [2.45, 2.75) is 32.7 Å². The standard InChI is InChI=1S/C21H28N2O2S/c1-3-25-19-7-4-6-17(21(19)24)14-22-15-18(20-8-5-13-26-20)23-11-9-16(2)10-12-23/h4-8,13-14,16,18,24H,3,9-12,15H2,1-2H3/t18-/m0/s1. The molecule has 4 nitrogen and oxygen atoms in total. The van der Waals surface area contributed by atoms with Crippen molar-refractivity contribution >= 4 is 17.6 Å². The summed E-state index contributed by atoms with van der Waals surface area (Å²) in [5, 5.41) is 12.5. The summed E-state index contributed by atoms with van der Waals surface area (Å²) >= 11 is 1.80. The predicted molar refractivity (Wildman–Crippen MR) is 109 cm³/mol. The topological polar surface area (TPSA) is 45.1 Å². The second-order valence-corrected chi connectivity index (χ2v) is 7.85. The molecule has 1 N–H and O–H groups in total. The van der Waals surface area contributed by atoms with Crippen molar-refractivity contribution in [3.05, 3.63) is 46.2 Å². The van der Waals surface area contributed by atoms with Gasteiger partial charge in [-0.2, -0.15) is 0 Å². The van der Waals surface area contributed by atoms with Gasteiger partial charge in [-0.1, -0.05) is 19.1 Å². The molecule has 140 valence electrons. The minimum absolute atomic E-state index is 0.164. The first-order valence-corrected chi connectivity index (χ1v) is 10.3. The maximum Gasteiger partial charge on any atom is 0.166 e. The number of benzene rings is 1. The van der Waals surface area contributed by atoms with E-state index in [-0.39, 0.29) is 5.75 Å². The highest BCUT2D eigenvalue weighted by Crippen LogP contribution is 2.31. The van der Waals surface area contributed by atoms with Gasteiger partial charge in [0, 0.05) is 16.7 Å². The number of aliphatic imine (C=N–C) groups is 1. The lowest BCUT2D eigenvalue weighted by Gasteiger charge is -2.35. The molecule has 26 heavy (non-hydrogen) atoms. The molecule has 0 radical (unpaired) electrons. The summed E-state index contributed by atoms with van der Waals surface area (Å²) in [6.45, 7) is 7.74. The van der Waals surface area contributed by atoms with E-state index in [1.165, 1.54) is 17.7 Å². The van der Waals surface area contributed by atoms with Crippen LogP contribution in [0.5, 0.6) is 11.5 Å². The molecular weight excluding hydrogens is 344 g/mol. The monoisotopic (exact) mass is 372 g/mol. The van der Waals surface area contributed by atoms with Gasteiger partial charge < -0.3 is 9.84 Å². The van der Waals surface area contributed by atoms with Crippen molar-refractivity contribution in [2.75, 3.05) is 26.2 Å². The molecule has 0 aliphatic carbocycles.